The van der Waals surface area contributed by atoms with Crippen molar-refractivity contribution >= 4 is 11.9 Å². The van der Waals surface area contributed by atoms with Gasteiger partial charge in [-0.1, -0.05) is 30.7 Å². The zero-order valence-electron chi connectivity index (χ0n) is 22.1. The van der Waals surface area contributed by atoms with E-state index in [1.54, 1.807) is 6.08 Å². The summed E-state index contributed by atoms with van der Waals surface area (Å²) in [5.41, 5.74) is -1.76. The molecule has 0 aromatic carbocycles. The van der Waals surface area contributed by atoms with E-state index in [1.807, 2.05) is 0 Å². The topological polar surface area (TPSA) is 124 Å². The highest BCUT2D eigenvalue weighted by molar-refractivity contribution is 5.83. The van der Waals surface area contributed by atoms with Crippen LogP contribution in [0, 0.1) is 10.8 Å². The number of hydrogen-bond acceptors (Lipinski definition) is 9. The summed E-state index contributed by atoms with van der Waals surface area (Å²) in [5, 5.41) is 21.7. The number of rotatable bonds is 1. The van der Waals surface area contributed by atoms with Crippen LogP contribution in [0.15, 0.2) is 47.6 Å². The average Bonchev–Trinajstić information content (AvgIpc) is 3.65. The highest BCUT2D eigenvalue weighted by atomic mass is 16.6. The SMILES string of the molecule is CC1=CC2OC3CC4OC(=O)C=CC=CC5(C(C)O)OCC/C(=C\C(=O)OCC2(CC1)C4(C)C31CO1)C5O. The molecule has 0 aromatic heterocycles. The van der Waals surface area contributed by atoms with Crippen LogP contribution in [0.5, 0.6) is 0 Å². The molecular formula is C29H36O9. The summed E-state index contributed by atoms with van der Waals surface area (Å²) >= 11 is 0. The number of cyclic esters (lactones) is 1. The van der Waals surface area contributed by atoms with E-state index >= 15 is 0 Å². The van der Waals surface area contributed by atoms with Gasteiger partial charge in [-0.05, 0) is 44.8 Å². The minimum Gasteiger partial charge on any atom is -0.462 e. The summed E-state index contributed by atoms with van der Waals surface area (Å²) in [4.78, 5) is 26.2. The number of carbonyl (C=O) groups excluding carboxylic acids is 2. The van der Waals surface area contributed by atoms with E-state index in [9.17, 15) is 19.8 Å². The van der Waals surface area contributed by atoms with Gasteiger partial charge in [0, 0.05) is 24.0 Å². The van der Waals surface area contributed by atoms with Crippen LogP contribution >= 0.6 is 0 Å². The lowest BCUT2D eigenvalue weighted by atomic mass is 9.51. The van der Waals surface area contributed by atoms with Crippen molar-refractivity contribution in [2.75, 3.05) is 19.8 Å². The average molecular weight is 529 g/mol. The van der Waals surface area contributed by atoms with E-state index in [2.05, 4.69) is 19.9 Å². The molecule has 2 spiro atoms. The summed E-state index contributed by atoms with van der Waals surface area (Å²) < 4.78 is 30.6. The predicted octanol–water partition coefficient (Wildman–Crippen LogP) is 2.07. The van der Waals surface area contributed by atoms with Gasteiger partial charge in [0.05, 0.1) is 36.9 Å². The maximum Gasteiger partial charge on any atom is 0.331 e. The Labute approximate surface area is 222 Å². The van der Waals surface area contributed by atoms with E-state index in [4.69, 9.17) is 23.7 Å². The third-order valence-corrected chi connectivity index (χ3v) is 10.1. The van der Waals surface area contributed by atoms with E-state index in [1.165, 1.54) is 36.8 Å². The van der Waals surface area contributed by atoms with Gasteiger partial charge in [0.2, 0.25) is 0 Å². The number of fused-ring (bicyclic) bond motifs is 2. The van der Waals surface area contributed by atoms with Crippen LogP contribution in [0.3, 0.4) is 0 Å². The molecule has 9 heteroatoms. The molecule has 6 rings (SSSR count). The number of carbonyl (C=O) groups is 2. The maximum atomic E-state index is 13.2. The van der Waals surface area contributed by atoms with Crippen molar-refractivity contribution in [2.24, 2.45) is 10.8 Å². The molecule has 2 aliphatic carbocycles. The second-order valence-electron chi connectivity index (χ2n) is 11.8. The Morgan fingerprint density at radius 2 is 1.87 bits per heavy atom. The highest BCUT2D eigenvalue weighted by Gasteiger charge is 2.83. The van der Waals surface area contributed by atoms with Crippen molar-refractivity contribution < 1.29 is 43.5 Å². The van der Waals surface area contributed by atoms with Crippen molar-refractivity contribution in [2.45, 2.75) is 88.2 Å². The third kappa shape index (κ3) is 3.48. The minimum absolute atomic E-state index is 0.0519. The second kappa shape index (κ2) is 8.86. The summed E-state index contributed by atoms with van der Waals surface area (Å²) in [6.45, 7) is 6.43. The molecule has 0 aromatic rings. The van der Waals surface area contributed by atoms with E-state index < -0.39 is 52.3 Å². The summed E-state index contributed by atoms with van der Waals surface area (Å²) in [6, 6.07) is 0. The van der Waals surface area contributed by atoms with Gasteiger partial charge in [-0.15, -0.1) is 0 Å². The minimum atomic E-state index is -1.47. The predicted molar refractivity (Wildman–Crippen MR) is 134 cm³/mol. The van der Waals surface area contributed by atoms with Gasteiger partial charge in [-0.25, -0.2) is 9.59 Å². The zero-order chi connectivity index (χ0) is 26.9. The molecule has 4 heterocycles. The molecule has 1 saturated carbocycles. The van der Waals surface area contributed by atoms with Gasteiger partial charge in [0.15, 0.2) is 0 Å². The first kappa shape index (κ1) is 26.0. The fourth-order valence-electron chi connectivity index (χ4n) is 7.68. The number of hydrogen-bond donors (Lipinski definition) is 2. The van der Waals surface area contributed by atoms with Crippen LogP contribution in [-0.4, -0.2) is 83.7 Å². The Hall–Kier alpha value is -2.30. The summed E-state index contributed by atoms with van der Waals surface area (Å²) in [5.74, 6) is -1.10. The van der Waals surface area contributed by atoms with E-state index in [-0.39, 0.29) is 25.4 Å². The van der Waals surface area contributed by atoms with Crippen molar-refractivity contribution in [1.82, 2.24) is 0 Å². The number of ether oxygens (including phenoxy) is 5. The largest absolute Gasteiger partial charge is 0.462 e. The summed E-state index contributed by atoms with van der Waals surface area (Å²) in [6.07, 6.45) is 8.21. The molecule has 4 fully saturated rings. The molecule has 9 unspecified atom stereocenters. The molecule has 9 nitrogen and oxygen atoms in total. The molecule has 4 bridgehead atoms. The Morgan fingerprint density at radius 1 is 1.08 bits per heavy atom. The number of esters is 2. The fraction of sp³-hybridized carbons (Fsp3) is 0.655. The van der Waals surface area contributed by atoms with Crippen LogP contribution in [0.1, 0.15) is 46.5 Å². The lowest BCUT2D eigenvalue weighted by Crippen LogP contribution is -2.66. The number of epoxide rings is 1. The molecule has 4 aliphatic heterocycles. The van der Waals surface area contributed by atoms with Crippen molar-refractivity contribution in [3.05, 3.63) is 47.6 Å². The lowest BCUT2D eigenvalue weighted by Gasteiger charge is -2.58. The third-order valence-electron chi connectivity index (χ3n) is 10.1. The standard InChI is InChI=1S/C29H36O9/c1-17-7-10-27-15-34-24(32)13-19-8-11-35-28(18(2)30,25(19)33)9-5-4-6-23(31)38-20-14-22(37-21(27)12-17)29(16-36-29)26(20,27)3/h4-6,9,12-13,18,20-22,25,30,33H,7-8,10-11,14-16H2,1-3H3/b6-4?,9-5?,19-13+. The van der Waals surface area contributed by atoms with E-state index in [0.29, 0.717) is 31.4 Å². The Balaban J connectivity index is 1.44. The molecular weight excluding hydrogens is 492 g/mol. The molecule has 2 N–H and O–H groups in total. The Kier molecular flexibility index (Phi) is 6.05. The fourth-order valence-corrected chi connectivity index (χ4v) is 7.68. The van der Waals surface area contributed by atoms with Crippen molar-refractivity contribution in [1.29, 1.82) is 0 Å². The van der Waals surface area contributed by atoms with Gasteiger partial charge < -0.3 is 33.9 Å². The second-order valence-corrected chi connectivity index (χ2v) is 11.8. The first-order valence-corrected chi connectivity index (χ1v) is 13.5. The monoisotopic (exact) mass is 528 g/mol. The number of aliphatic hydroxyl groups excluding tert-OH is 2. The Bertz CT molecular complexity index is 1150. The molecule has 0 radical (unpaired) electrons. The number of aliphatic hydroxyl groups is 2. The van der Waals surface area contributed by atoms with Gasteiger partial charge in [0.25, 0.3) is 0 Å². The molecule has 3 saturated heterocycles. The zero-order valence-corrected chi connectivity index (χ0v) is 22.1. The van der Waals surface area contributed by atoms with Crippen molar-refractivity contribution in [3.63, 3.8) is 0 Å². The van der Waals surface area contributed by atoms with Crippen molar-refractivity contribution in [3.8, 4) is 0 Å². The van der Waals surface area contributed by atoms with Crippen LogP contribution in [0.4, 0.5) is 0 Å². The van der Waals surface area contributed by atoms with Gasteiger partial charge in [0.1, 0.15) is 30.0 Å². The molecule has 206 valence electrons. The smallest absolute Gasteiger partial charge is 0.331 e. The van der Waals surface area contributed by atoms with Gasteiger partial charge in [-0.2, -0.15) is 0 Å². The first-order chi connectivity index (χ1) is 18.1. The van der Waals surface area contributed by atoms with Crippen LogP contribution in [0.2, 0.25) is 0 Å². The first-order valence-electron chi connectivity index (χ1n) is 13.5. The van der Waals surface area contributed by atoms with Gasteiger partial charge in [-0.3, -0.25) is 0 Å². The molecule has 9 atom stereocenters. The molecule has 6 aliphatic rings. The van der Waals surface area contributed by atoms with Crippen LogP contribution in [-0.2, 0) is 33.3 Å². The summed E-state index contributed by atoms with van der Waals surface area (Å²) in [7, 11) is 0. The Morgan fingerprint density at radius 3 is 2.61 bits per heavy atom. The maximum absolute atomic E-state index is 13.2. The quantitative estimate of drug-likeness (QED) is 0.299. The molecule has 0 amide bonds. The normalized spacial score (nSPS) is 48.3. The van der Waals surface area contributed by atoms with E-state index in [0.717, 1.165) is 6.42 Å². The highest BCUT2D eigenvalue weighted by Crippen LogP contribution is 2.72. The molecule has 38 heavy (non-hydrogen) atoms. The lowest BCUT2D eigenvalue weighted by molar-refractivity contribution is -0.232. The van der Waals surface area contributed by atoms with Crippen LogP contribution < -0.4 is 0 Å². The van der Waals surface area contributed by atoms with Crippen LogP contribution in [0.25, 0.3) is 0 Å². The van der Waals surface area contributed by atoms with Gasteiger partial charge >= 0.3 is 11.9 Å². The number of allylic oxidation sites excluding steroid dienone is 3.